The summed E-state index contributed by atoms with van der Waals surface area (Å²) in [7, 11) is 0. The minimum Gasteiger partial charge on any atom is -0.327 e. The lowest BCUT2D eigenvalue weighted by Crippen LogP contribution is -2.37. The van der Waals surface area contributed by atoms with Crippen LogP contribution in [0.1, 0.15) is 54.7 Å². The molecule has 1 heteroatoms. The molecule has 2 aliphatic rings. The predicted octanol–water partition coefficient (Wildman–Crippen LogP) is 3.54. The number of benzene rings is 1. The van der Waals surface area contributed by atoms with E-state index in [1.54, 1.807) is 11.1 Å². The lowest BCUT2D eigenvalue weighted by Gasteiger charge is -2.36. The van der Waals surface area contributed by atoms with Gasteiger partial charge in [-0.3, -0.25) is 0 Å². The summed E-state index contributed by atoms with van der Waals surface area (Å²) >= 11 is 0. The Bertz CT molecular complexity index is 404. The zero-order chi connectivity index (χ0) is 11.8. The molecule has 0 aromatic heterocycles. The van der Waals surface area contributed by atoms with Crippen LogP contribution >= 0.6 is 0 Å². The van der Waals surface area contributed by atoms with Crippen molar-refractivity contribution in [2.24, 2.45) is 11.7 Å². The molecule has 1 aromatic rings. The average Bonchev–Trinajstić information content (AvgIpc) is 2.82. The van der Waals surface area contributed by atoms with Crippen molar-refractivity contribution in [2.75, 3.05) is 0 Å². The van der Waals surface area contributed by atoms with Crippen LogP contribution in [0.5, 0.6) is 0 Å². The van der Waals surface area contributed by atoms with E-state index in [9.17, 15) is 0 Å². The van der Waals surface area contributed by atoms with Gasteiger partial charge in [-0.25, -0.2) is 0 Å². The first-order valence-electron chi connectivity index (χ1n) is 7.11. The van der Waals surface area contributed by atoms with Gasteiger partial charge in [-0.2, -0.15) is 0 Å². The molecule has 0 spiro atoms. The van der Waals surface area contributed by atoms with Crippen LogP contribution in [-0.4, -0.2) is 6.04 Å². The van der Waals surface area contributed by atoms with Crippen molar-refractivity contribution < 1.29 is 0 Å². The van der Waals surface area contributed by atoms with Crippen LogP contribution < -0.4 is 5.73 Å². The minimum absolute atomic E-state index is 0.396. The second kappa shape index (κ2) is 4.45. The van der Waals surface area contributed by atoms with E-state index in [2.05, 4.69) is 25.1 Å². The SMILES string of the molecule is Cc1cccc2c1CCC(N)C2C1CCCC1. The quantitative estimate of drug-likeness (QED) is 0.783. The van der Waals surface area contributed by atoms with Gasteiger partial charge >= 0.3 is 0 Å². The monoisotopic (exact) mass is 229 g/mol. The standard InChI is InChI=1S/C16H23N/c1-11-5-4-8-14-13(11)9-10-15(17)16(14)12-6-2-3-7-12/h4-5,8,12,15-16H,2-3,6-7,9-10,17H2,1H3. The summed E-state index contributed by atoms with van der Waals surface area (Å²) in [6.07, 6.45) is 7.98. The van der Waals surface area contributed by atoms with Gasteiger partial charge in [0, 0.05) is 12.0 Å². The molecule has 0 aliphatic heterocycles. The summed E-state index contributed by atoms with van der Waals surface area (Å²) in [5, 5.41) is 0. The second-order valence-corrected chi connectivity index (χ2v) is 5.92. The normalized spacial score (nSPS) is 29.3. The molecule has 0 bridgehead atoms. The van der Waals surface area contributed by atoms with Crippen LogP contribution in [-0.2, 0) is 6.42 Å². The first kappa shape index (κ1) is 11.3. The largest absolute Gasteiger partial charge is 0.327 e. The fraction of sp³-hybridized carbons (Fsp3) is 0.625. The zero-order valence-electron chi connectivity index (χ0n) is 10.8. The Morgan fingerprint density at radius 2 is 1.88 bits per heavy atom. The van der Waals surface area contributed by atoms with Crippen molar-refractivity contribution in [1.29, 1.82) is 0 Å². The maximum atomic E-state index is 6.42. The van der Waals surface area contributed by atoms with Gasteiger partial charge in [0.15, 0.2) is 0 Å². The highest BCUT2D eigenvalue weighted by Crippen LogP contribution is 2.43. The molecule has 2 atom stereocenters. The minimum atomic E-state index is 0.396. The molecule has 1 nitrogen and oxygen atoms in total. The summed E-state index contributed by atoms with van der Waals surface area (Å²) in [5.74, 6) is 1.49. The third-order valence-electron chi connectivity index (χ3n) is 4.90. The molecule has 0 heterocycles. The Labute approximate surface area is 104 Å². The van der Waals surface area contributed by atoms with Crippen molar-refractivity contribution in [1.82, 2.24) is 0 Å². The van der Waals surface area contributed by atoms with Gasteiger partial charge in [-0.1, -0.05) is 31.0 Å². The molecule has 1 aromatic carbocycles. The van der Waals surface area contributed by atoms with Crippen LogP contribution in [0, 0.1) is 12.8 Å². The van der Waals surface area contributed by atoms with Gasteiger partial charge in [0.2, 0.25) is 0 Å². The lowest BCUT2D eigenvalue weighted by molar-refractivity contribution is 0.343. The summed E-state index contributed by atoms with van der Waals surface area (Å²) < 4.78 is 0. The Balaban J connectivity index is 2.00. The van der Waals surface area contributed by atoms with Gasteiger partial charge in [0.05, 0.1) is 0 Å². The molecule has 0 amide bonds. The third kappa shape index (κ3) is 1.91. The molecular weight excluding hydrogens is 206 g/mol. The first-order valence-corrected chi connectivity index (χ1v) is 7.11. The number of hydrogen-bond acceptors (Lipinski definition) is 1. The summed E-state index contributed by atoms with van der Waals surface area (Å²) in [6.45, 7) is 2.25. The zero-order valence-corrected chi connectivity index (χ0v) is 10.8. The maximum absolute atomic E-state index is 6.42. The highest BCUT2D eigenvalue weighted by Gasteiger charge is 2.34. The van der Waals surface area contributed by atoms with Crippen LogP contribution in [0.15, 0.2) is 18.2 Å². The highest BCUT2D eigenvalue weighted by molar-refractivity contribution is 5.40. The van der Waals surface area contributed by atoms with E-state index in [1.807, 2.05) is 0 Å². The van der Waals surface area contributed by atoms with Gasteiger partial charge in [0.25, 0.3) is 0 Å². The molecule has 2 aliphatic carbocycles. The topological polar surface area (TPSA) is 26.0 Å². The number of hydrogen-bond donors (Lipinski definition) is 1. The summed E-state index contributed by atoms with van der Waals surface area (Å²) in [6, 6.07) is 7.20. The number of nitrogens with two attached hydrogens (primary N) is 1. The molecule has 0 radical (unpaired) electrons. The smallest absolute Gasteiger partial charge is 0.0114 e. The van der Waals surface area contributed by atoms with E-state index in [0.29, 0.717) is 12.0 Å². The van der Waals surface area contributed by atoms with Gasteiger partial charge in [-0.05, 0) is 55.2 Å². The molecular formula is C16H23N. The number of fused-ring (bicyclic) bond motifs is 1. The third-order valence-corrected chi connectivity index (χ3v) is 4.90. The fourth-order valence-corrected chi connectivity index (χ4v) is 4.02. The molecule has 17 heavy (non-hydrogen) atoms. The molecule has 1 fully saturated rings. The average molecular weight is 229 g/mol. The second-order valence-electron chi connectivity index (χ2n) is 5.92. The van der Waals surface area contributed by atoms with Gasteiger partial charge < -0.3 is 5.73 Å². The van der Waals surface area contributed by atoms with E-state index >= 15 is 0 Å². The molecule has 0 saturated heterocycles. The first-order chi connectivity index (χ1) is 8.27. The van der Waals surface area contributed by atoms with E-state index in [1.165, 1.54) is 44.1 Å². The van der Waals surface area contributed by atoms with Crippen molar-refractivity contribution in [3.05, 3.63) is 34.9 Å². The molecule has 2 N–H and O–H groups in total. The van der Waals surface area contributed by atoms with Crippen LogP contribution in [0.4, 0.5) is 0 Å². The lowest BCUT2D eigenvalue weighted by atomic mass is 9.71. The molecule has 1 saturated carbocycles. The van der Waals surface area contributed by atoms with Crippen molar-refractivity contribution >= 4 is 0 Å². The van der Waals surface area contributed by atoms with Crippen molar-refractivity contribution in [3.63, 3.8) is 0 Å². The fourth-order valence-electron chi connectivity index (χ4n) is 4.02. The Morgan fingerprint density at radius 1 is 1.12 bits per heavy atom. The Kier molecular flexibility index (Phi) is 2.96. The molecule has 92 valence electrons. The Hall–Kier alpha value is -0.820. The van der Waals surface area contributed by atoms with Crippen LogP contribution in [0.3, 0.4) is 0 Å². The number of rotatable bonds is 1. The van der Waals surface area contributed by atoms with E-state index in [4.69, 9.17) is 5.73 Å². The van der Waals surface area contributed by atoms with Crippen molar-refractivity contribution in [3.8, 4) is 0 Å². The Morgan fingerprint density at radius 3 is 2.65 bits per heavy atom. The maximum Gasteiger partial charge on any atom is 0.0114 e. The van der Waals surface area contributed by atoms with Crippen molar-refractivity contribution in [2.45, 2.75) is 57.4 Å². The number of aryl methyl sites for hydroxylation is 1. The van der Waals surface area contributed by atoms with Crippen LogP contribution in [0.25, 0.3) is 0 Å². The van der Waals surface area contributed by atoms with E-state index in [-0.39, 0.29) is 0 Å². The van der Waals surface area contributed by atoms with E-state index < -0.39 is 0 Å². The predicted molar refractivity (Wildman–Crippen MR) is 72.2 cm³/mol. The van der Waals surface area contributed by atoms with Crippen LogP contribution in [0.2, 0.25) is 0 Å². The molecule has 3 rings (SSSR count). The van der Waals surface area contributed by atoms with Gasteiger partial charge in [-0.15, -0.1) is 0 Å². The highest BCUT2D eigenvalue weighted by atomic mass is 14.7. The molecule has 2 unspecified atom stereocenters. The summed E-state index contributed by atoms with van der Waals surface area (Å²) in [4.78, 5) is 0. The summed E-state index contributed by atoms with van der Waals surface area (Å²) in [5.41, 5.74) is 11.1. The van der Waals surface area contributed by atoms with E-state index in [0.717, 1.165) is 5.92 Å². The van der Waals surface area contributed by atoms with Gasteiger partial charge in [0.1, 0.15) is 0 Å².